The van der Waals surface area contributed by atoms with Gasteiger partial charge in [-0.2, -0.15) is 0 Å². The molecule has 17 heavy (non-hydrogen) atoms. The van der Waals surface area contributed by atoms with Gasteiger partial charge in [-0.3, -0.25) is 9.59 Å². The maximum atomic E-state index is 11.6. The van der Waals surface area contributed by atoms with Crippen molar-refractivity contribution in [2.45, 2.75) is 38.1 Å². The van der Waals surface area contributed by atoms with E-state index in [9.17, 15) is 9.59 Å². The molecule has 1 aliphatic rings. The molecule has 1 N–H and O–H groups in total. The fourth-order valence-corrected chi connectivity index (χ4v) is 2.53. The number of carbonyl (C=O) groups is 2. The summed E-state index contributed by atoms with van der Waals surface area (Å²) in [5, 5.41) is 2.92. The molecule has 0 radical (unpaired) electrons. The molecule has 2 rings (SSSR count). The van der Waals surface area contributed by atoms with Crippen molar-refractivity contribution in [3.63, 3.8) is 0 Å². The van der Waals surface area contributed by atoms with Crippen molar-refractivity contribution in [3.8, 4) is 0 Å². The van der Waals surface area contributed by atoms with Crippen LogP contribution >= 0.6 is 0 Å². The van der Waals surface area contributed by atoms with Gasteiger partial charge in [0.1, 0.15) is 0 Å². The van der Waals surface area contributed by atoms with Gasteiger partial charge in [0, 0.05) is 6.92 Å². The predicted molar refractivity (Wildman–Crippen MR) is 65.4 cm³/mol. The summed E-state index contributed by atoms with van der Waals surface area (Å²) < 4.78 is 0. The Morgan fingerprint density at radius 3 is 2.24 bits per heavy atom. The Morgan fingerprint density at radius 2 is 1.71 bits per heavy atom. The van der Waals surface area contributed by atoms with Crippen LogP contribution in [-0.4, -0.2) is 11.7 Å². The van der Waals surface area contributed by atoms with Crippen molar-refractivity contribution in [2.75, 3.05) is 0 Å². The van der Waals surface area contributed by atoms with Crippen molar-refractivity contribution in [3.05, 3.63) is 35.9 Å². The summed E-state index contributed by atoms with van der Waals surface area (Å²) in [6, 6.07) is 9.93. The first-order valence-electron chi connectivity index (χ1n) is 6.03. The molecule has 0 spiro atoms. The molecule has 1 aliphatic carbocycles. The van der Waals surface area contributed by atoms with Crippen molar-refractivity contribution in [1.82, 2.24) is 5.32 Å². The van der Waals surface area contributed by atoms with E-state index in [1.165, 1.54) is 6.92 Å². The van der Waals surface area contributed by atoms with Crippen LogP contribution in [0.4, 0.5) is 0 Å². The average Bonchev–Trinajstić information content (AvgIpc) is 2.80. The van der Waals surface area contributed by atoms with Crippen LogP contribution < -0.4 is 5.32 Å². The van der Waals surface area contributed by atoms with Crippen LogP contribution in [0.5, 0.6) is 0 Å². The molecule has 1 aromatic carbocycles. The molecular formula is C14H17NO2. The zero-order chi connectivity index (χ0) is 12.3. The molecule has 3 heteroatoms. The second kappa shape index (κ2) is 4.70. The minimum absolute atomic E-state index is 0.329. The van der Waals surface area contributed by atoms with Gasteiger partial charge in [-0.25, -0.2) is 0 Å². The Balaban J connectivity index is 2.27. The topological polar surface area (TPSA) is 46.2 Å². The maximum absolute atomic E-state index is 11.6. The number of nitrogens with one attached hydrogen (secondary N) is 1. The third kappa shape index (κ3) is 2.38. The number of hydrogen-bond donors (Lipinski definition) is 1. The van der Waals surface area contributed by atoms with E-state index < -0.39 is 11.7 Å². The second-order valence-corrected chi connectivity index (χ2v) is 4.67. The standard InChI is InChI=1S/C14H17NO2/c1-11(16)13(17)15-14(9-5-6-10-14)12-7-3-2-4-8-12/h2-4,7-8H,5-6,9-10H2,1H3,(H,15,17). The van der Waals surface area contributed by atoms with Crippen LogP contribution in [0.25, 0.3) is 0 Å². The van der Waals surface area contributed by atoms with Gasteiger partial charge in [0.25, 0.3) is 5.91 Å². The van der Waals surface area contributed by atoms with Gasteiger partial charge in [-0.15, -0.1) is 0 Å². The quantitative estimate of drug-likeness (QED) is 0.810. The molecule has 0 atom stereocenters. The van der Waals surface area contributed by atoms with Crippen molar-refractivity contribution in [2.24, 2.45) is 0 Å². The van der Waals surface area contributed by atoms with Crippen LogP contribution in [0.2, 0.25) is 0 Å². The SMILES string of the molecule is CC(=O)C(=O)NC1(c2ccccc2)CCCC1. The van der Waals surface area contributed by atoms with Crippen LogP contribution in [0.15, 0.2) is 30.3 Å². The van der Waals surface area contributed by atoms with Gasteiger partial charge in [-0.1, -0.05) is 43.2 Å². The first-order valence-corrected chi connectivity index (χ1v) is 6.03. The Morgan fingerprint density at radius 1 is 1.12 bits per heavy atom. The molecule has 0 aromatic heterocycles. The fourth-order valence-electron chi connectivity index (χ4n) is 2.53. The summed E-state index contributed by atoms with van der Waals surface area (Å²) in [4.78, 5) is 22.7. The largest absolute Gasteiger partial charge is 0.340 e. The number of hydrogen-bond acceptors (Lipinski definition) is 2. The molecular weight excluding hydrogens is 214 g/mol. The summed E-state index contributed by atoms with van der Waals surface area (Å²) in [6.07, 6.45) is 4.01. The summed E-state index contributed by atoms with van der Waals surface area (Å²) in [5.41, 5.74) is 0.774. The monoisotopic (exact) mass is 231 g/mol. The molecule has 0 bridgehead atoms. The normalized spacial score (nSPS) is 17.7. The number of benzene rings is 1. The molecule has 0 saturated heterocycles. The lowest BCUT2D eigenvalue weighted by Gasteiger charge is -2.30. The van der Waals surface area contributed by atoms with Gasteiger partial charge in [-0.05, 0) is 18.4 Å². The Hall–Kier alpha value is -1.64. The zero-order valence-electron chi connectivity index (χ0n) is 10.0. The third-order valence-corrected chi connectivity index (χ3v) is 3.46. The summed E-state index contributed by atoms with van der Waals surface area (Å²) in [6.45, 7) is 1.31. The molecule has 0 unspecified atom stereocenters. The minimum Gasteiger partial charge on any atom is -0.340 e. The van der Waals surface area contributed by atoms with Crippen LogP contribution in [0, 0.1) is 0 Å². The molecule has 0 heterocycles. The zero-order valence-corrected chi connectivity index (χ0v) is 10.0. The molecule has 1 saturated carbocycles. The van der Waals surface area contributed by atoms with E-state index in [0.717, 1.165) is 31.2 Å². The van der Waals surface area contributed by atoms with E-state index in [-0.39, 0.29) is 5.54 Å². The second-order valence-electron chi connectivity index (χ2n) is 4.67. The van der Waals surface area contributed by atoms with Crippen molar-refractivity contribution >= 4 is 11.7 Å². The van der Waals surface area contributed by atoms with Gasteiger partial charge < -0.3 is 5.32 Å². The highest BCUT2D eigenvalue weighted by molar-refractivity contribution is 6.35. The molecule has 0 aliphatic heterocycles. The molecule has 90 valence electrons. The first kappa shape index (κ1) is 11.8. The van der Waals surface area contributed by atoms with Gasteiger partial charge in [0.05, 0.1) is 5.54 Å². The number of rotatable bonds is 3. The Bertz CT molecular complexity index is 419. The fraction of sp³-hybridized carbons (Fsp3) is 0.429. The molecule has 1 amide bonds. The van der Waals surface area contributed by atoms with Gasteiger partial charge in [0.15, 0.2) is 0 Å². The highest BCUT2D eigenvalue weighted by Gasteiger charge is 2.37. The highest BCUT2D eigenvalue weighted by atomic mass is 16.2. The van der Waals surface area contributed by atoms with E-state index in [1.54, 1.807) is 0 Å². The maximum Gasteiger partial charge on any atom is 0.287 e. The van der Waals surface area contributed by atoms with Crippen LogP contribution in [0.1, 0.15) is 38.2 Å². The predicted octanol–water partition coefficient (Wildman–Crippen LogP) is 2.16. The number of carbonyl (C=O) groups excluding carboxylic acids is 2. The molecule has 1 aromatic rings. The van der Waals surface area contributed by atoms with Crippen LogP contribution in [0.3, 0.4) is 0 Å². The minimum atomic E-state index is -0.476. The molecule has 3 nitrogen and oxygen atoms in total. The smallest absolute Gasteiger partial charge is 0.287 e. The highest BCUT2D eigenvalue weighted by Crippen LogP contribution is 2.38. The van der Waals surface area contributed by atoms with E-state index in [0.29, 0.717) is 0 Å². The lowest BCUT2D eigenvalue weighted by atomic mass is 9.88. The number of ketones is 1. The lowest BCUT2D eigenvalue weighted by Crippen LogP contribution is -2.46. The first-order chi connectivity index (χ1) is 8.14. The number of Topliss-reactive ketones (excluding diaryl/α,β-unsaturated/α-hetero) is 1. The van der Waals surface area contributed by atoms with E-state index in [4.69, 9.17) is 0 Å². The van der Waals surface area contributed by atoms with Gasteiger partial charge >= 0.3 is 0 Å². The molecule has 1 fully saturated rings. The Kier molecular flexibility index (Phi) is 3.27. The van der Waals surface area contributed by atoms with Crippen LogP contribution in [-0.2, 0) is 15.1 Å². The summed E-state index contributed by atoms with van der Waals surface area (Å²) in [5.74, 6) is -0.900. The van der Waals surface area contributed by atoms with E-state index in [2.05, 4.69) is 5.32 Å². The summed E-state index contributed by atoms with van der Waals surface area (Å²) in [7, 11) is 0. The average molecular weight is 231 g/mol. The third-order valence-electron chi connectivity index (χ3n) is 3.46. The van der Waals surface area contributed by atoms with Gasteiger partial charge in [0.2, 0.25) is 5.78 Å². The van der Waals surface area contributed by atoms with Crippen molar-refractivity contribution < 1.29 is 9.59 Å². The van der Waals surface area contributed by atoms with Crippen molar-refractivity contribution in [1.29, 1.82) is 0 Å². The van der Waals surface area contributed by atoms with E-state index >= 15 is 0 Å². The van der Waals surface area contributed by atoms with E-state index in [1.807, 2.05) is 30.3 Å². The number of amides is 1. The summed E-state index contributed by atoms with van der Waals surface area (Å²) >= 11 is 0. The lowest BCUT2D eigenvalue weighted by molar-refractivity contribution is -0.138. The Labute approximate surface area is 101 Å².